The number of nitrogens with zero attached hydrogens (tertiary/aromatic N) is 1. The smallest absolute Gasteiger partial charge is 0.316 e. The predicted molar refractivity (Wildman–Crippen MR) is 261 cm³/mol. The quantitative estimate of drug-likeness (QED) is 0.0514. The summed E-state index contributed by atoms with van der Waals surface area (Å²) in [5, 5.41) is 32.9. The molecule has 354 valence electrons. The van der Waals surface area contributed by atoms with Gasteiger partial charge in [0.05, 0.1) is 30.5 Å². The van der Waals surface area contributed by atoms with Gasteiger partial charge in [0.15, 0.2) is 0 Å². The van der Waals surface area contributed by atoms with Crippen LogP contribution in [0.4, 0.5) is 0 Å². The first-order chi connectivity index (χ1) is 31.0. The Kier molecular flexibility index (Phi) is 16.3. The number of methoxy groups -OCH3 is 1. The highest BCUT2D eigenvalue weighted by Gasteiger charge is 2.45. The van der Waals surface area contributed by atoms with E-state index in [0.29, 0.717) is 39.9 Å². The number of allylic oxidation sites excluding steroid dienone is 2. The first kappa shape index (κ1) is 49.3. The van der Waals surface area contributed by atoms with E-state index < -0.39 is 17.9 Å². The van der Waals surface area contributed by atoms with Gasteiger partial charge < -0.3 is 35.1 Å². The molecule has 65 heavy (non-hydrogen) atoms. The number of H-pyrrole nitrogens is 2. The lowest BCUT2D eigenvalue weighted by Crippen LogP contribution is -2.38. The Morgan fingerprint density at radius 2 is 1.58 bits per heavy atom. The molecule has 3 aliphatic rings. The number of rotatable bonds is 20. The summed E-state index contributed by atoms with van der Waals surface area (Å²) < 4.78 is 12.3. The highest BCUT2D eigenvalue weighted by molar-refractivity contribution is 5.95. The summed E-state index contributed by atoms with van der Waals surface area (Å²) in [5.41, 5.74) is 9.19. The van der Waals surface area contributed by atoms with Crippen LogP contribution in [0.3, 0.4) is 0 Å². The van der Waals surface area contributed by atoms with Gasteiger partial charge in [-0.3, -0.25) is 9.59 Å². The molecule has 0 spiro atoms. The number of ether oxygens (including phenoxy) is 2. The van der Waals surface area contributed by atoms with Crippen LogP contribution in [0.2, 0.25) is 0 Å². The minimum atomic E-state index is -1.15. The Hall–Kier alpha value is -5.12. The highest BCUT2D eigenvalue weighted by atomic mass is 16.5. The number of hydrogen-bond acceptors (Lipinski definition) is 7. The van der Waals surface area contributed by atoms with Crippen LogP contribution in [0.5, 0.6) is 0 Å². The van der Waals surface area contributed by atoms with E-state index in [4.69, 9.17) is 9.47 Å². The summed E-state index contributed by atoms with van der Waals surface area (Å²) >= 11 is 0. The van der Waals surface area contributed by atoms with Crippen molar-refractivity contribution in [3.63, 3.8) is 0 Å². The third kappa shape index (κ3) is 10.6. The Morgan fingerprint density at radius 3 is 2.23 bits per heavy atom. The minimum Gasteiger partial charge on any atom is -0.874 e. The standard InChI is InChI=1S/C55H78N4O6/c1-13-39-35(8)43-30-47-40(14-2)37(10)46(59(47)63)29-44-36(9)41(52(57-44)50-51(55(62)64-12)54(61)49-38(11)42(58-53(49)50)28-45(39)56-43)24-25-48(60)65-27-26-34(7)23-17-22-33(6)21-16-20-32(5)19-15-18-31(3)4/h14,26,28-33,36,41,51-52,56-58,61,63H,2,13,15-25,27H2,1,3-12H3/p-1/b34-26+,43-30-,44-29-,45-28-/t32-,33+,36+,41+,51-,52?/m1/s1. The maximum Gasteiger partial charge on any atom is 0.316 e. The predicted octanol–water partition coefficient (Wildman–Crippen LogP) is 7.88. The number of esters is 2. The minimum absolute atomic E-state index is 0.157. The molecule has 10 heteroatoms. The molecular formula is C55H77N4O6-. The topological polar surface area (TPSA) is 144 Å². The van der Waals surface area contributed by atoms with Crippen molar-refractivity contribution in [1.29, 1.82) is 0 Å². The van der Waals surface area contributed by atoms with E-state index in [1.54, 1.807) is 6.08 Å². The van der Waals surface area contributed by atoms with Crippen molar-refractivity contribution in [2.24, 2.45) is 35.5 Å². The molecule has 5 heterocycles. The Labute approximate surface area is 387 Å². The zero-order valence-corrected chi connectivity index (χ0v) is 41.3. The second-order valence-electron chi connectivity index (χ2n) is 20.0. The van der Waals surface area contributed by atoms with Crippen LogP contribution in [-0.4, -0.2) is 51.6 Å². The molecule has 4 N–H and O–H groups in total. The van der Waals surface area contributed by atoms with Crippen molar-refractivity contribution < 1.29 is 29.4 Å². The van der Waals surface area contributed by atoms with Gasteiger partial charge in [0.25, 0.3) is 0 Å². The van der Waals surface area contributed by atoms with Crippen molar-refractivity contribution in [1.82, 2.24) is 20.0 Å². The maximum absolute atomic E-state index is 14.4. The largest absolute Gasteiger partial charge is 0.874 e. The first-order valence-corrected chi connectivity index (χ1v) is 24.5. The average Bonchev–Trinajstić information content (AvgIpc) is 3.99. The van der Waals surface area contributed by atoms with E-state index in [1.807, 2.05) is 38.2 Å². The van der Waals surface area contributed by atoms with Crippen molar-refractivity contribution in [2.45, 2.75) is 152 Å². The Morgan fingerprint density at radius 1 is 0.908 bits per heavy atom. The number of nitrogens with one attached hydrogen (secondary N) is 3. The van der Waals surface area contributed by atoms with Gasteiger partial charge in [-0.1, -0.05) is 105 Å². The molecule has 1 unspecified atom stereocenters. The lowest BCUT2D eigenvalue weighted by Gasteiger charge is -2.29. The number of aromatic amines is 2. The van der Waals surface area contributed by atoms with Crippen LogP contribution in [0.25, 0.3) is 35.6 Å². The van der Waals surface area contributed by atoms with Gasteiger partial charge in [0, 0.05) is 45.3 Å². The molecule has 1 aliphatic carbocycles. The second kappa shape index (κ2) is 21.5. The average molecular weight is 890 g/mol. The molecule has 1 saturated heterocycles. The summed E-state index contributed by atoms with van der Waals surface area (Å²) in [6.07, 6.45) is 22.3. The normalized spacial score (nSPS) is 21.8. The summed E-state index contributed by atoms with van der Waals surface area (Å²) in [7, 11) is 1.31. The van der Waals surface area contributed by atoms with Crippen LogP contribution < -0.4 is 31.7 Å². The van der Waals surface area contributed by atoms with Crippen molar-refractivity contribution in [3.05, 3.63) is 90.1 Å². The molecule has 8 bridgehead atoms. The number of carbonyl (C=O) groups is 2. The van der Waals surface area contributed by atoms with E-state index in [2.05, 4.69) is 77.3 Å². The summed E-state index contributed by atoms with van der Waals surface area (Å²) in [6, 6.07) is -0.516. The molecule has 6 rings (SSSR count). The molecule has 2 aliphatic heterocycles. The molecule has 0 saturated carbocycles. The molecule has 0 aromatic carbocycles. The SMILES string of the molecule is C=Cc1c(C)c2n(O)c1/C=c1\[nH]/c(c(CC)c1C)=C\c1[nH]c3c(c1C)=C([O-])[C@H](C(=O)OC)C=3C1N/C(=C\2)[C@@H](C)[C@@H]1CCC(=O)OC/C=C(\C)CCC[C@@H](C)CCC[C@H](C)CCCC(C)C. The molecule has 3 aromatic heterocycles. The molecule has 10 nitrogen and oxygen atoms in total. The number of fused-ring (bicyclic) bond motifs is 8. The van der Waals surface area contributed by atoms with Crippen molar-refractivity contribution >= 4 is 47.6 Å². The highest BCUT2D eigenvalue weighted by Crippen LogP contribution is 2.42. The molecule has 3 aromatic rings. The Balaban J connectivity index is 1.23. The molecular weight excluding hydrogens is 813 g/mol. The number of hydrogen-bond donors (Lipinski definition) is 4. The van der Waals surface area contributed by atoms with E-state index in [0.717, 1.165) is 81.0 Å². The fraction of sp³-hybridized carbons (Fsp3) is 0.564. The Bertz CT molecular complexity index is 2560. The van der Waals surface area contributed by atoms with Crippen molar-refractivity contribution in [2.75, 3.05) is 13.7 Å². The third-order valence-corrected chi connectivity index (χ3v) is 14.9. The van der Waals surface area contributed by atoms with Gasteiger partial charge in [0.1, 0.15) is 6.61 Å². The number of aromatic nitrogens is 3. The van der Waals surface area contributed by atoms with Gasteiger partial charge in [0.2, 0.25) is 0 Å². The van der Waals surface area contributed by atoms with Crippen LogP contribution >= 0.6 is 0 Å². The lowest BCUT2D eigenvalue weighted by molar-refractivity contribution is -0.256. The monoisotopic (exact) mass is 890 g/mol. The van der Waals surface area contributed by atoms with Gasteiger partial charge >= 0.3 is 11.9 Å². The van der Waals surface area contributed by atoms with E-state index in [-0.39, 0.29) is 36.6 Å². The third-order valence-electron chi connectivity index (χ3n) is 14.9. The zero-order chi connectivity index (χ0) is 47.3. The molecule has 0 amide bonds. The summed E-state index contributed by atoms with van der Waals surface area (Å²) in [6.45, 7) is 26.0. The lowest BCUT2D eigenvalue weighted by atomic mass is 9.80. The van der Waals surface area contributed by atoms with Gasteiger partial charge in [-0.2, -0.15) is 4.73 Å². The summed E-state index contributed by atoms with van der Waals surface area (Å²) in [5.74, 6) is -0.438. The fourth-order valence-electron chi connectivity index (χ4n) is 10.8. The van der Waals surface area contributed by atoms with Crippen LogP contribution in [0.1, 0.15) is 164 Å². The van der Waals surface area contributed by atoms with E-state index >= 15 is 0 Å². The van der Waals surface area contributed by atoms with E-state index in [9.17, 15) is 19.9 Å². The molecule has 6 atom stereocenters. The summed E-state index contributed by atoms with van der Waals surface area (Å²) in [4.78, 5) is 34.3. The van der Waals surface area contributed by atoms with Crippen LogP contribution in [-0.2, 0) is 25.5 Å². The fourth-order valence-corrected chi connectivity index (χ4v) is 10.8. The zero-order valence-electron chi connectivity index (χ0n) is 41.3. The van der Waals surface area contributed by atoms with E-state index in [1.165, 1.54) is 62.4 Å². The number of carbonyl (C=O) groups excluding carboxylic acids is 2. The first-order valence-electron chi connectivity index (χ1n) is 24.5. The van der Waals surface area contributed by atoms with Gasteiger partial charge in [-0.25, -0.2) is 0 Å². The molecule has 1 fully saturated rings. The maximum atomic E-state index is 14.4. The van der Waals surface area contributed by atoms with Crippen LogP contribution in [0.15, 0.2) is 23.9 Å². The second-order valence-corrected chi connectivity index (χ2v) is 20.0. The van der Waals surface area contributed by atoms with Gasteiger partial charge in [-0.05, 0) is 134 Å². The van der Waals surface area contributed by atoms with Gasteiger partial charge in [-0.15, -0.1) is 5.76 Å². The van der Waals surface area contributed by atoms with Crippen LogP contribution in [0, 0.1) is 56.3 Å². The van der Waals surface area contributed by atoms with Crippen molar-refractivity contribution in [3.8, 4) is 0 Å². The molecule has 0 radical (unpaired) electrons.